The predicted octanol–water partition coefficient (Wildman–Crippen LogP) is 6.65. The van der Waals surface area contributed by atoms with Crippen LogP contribution in [0.1, 0.15) is 64.4 Å². The Hall–Kier alpha value is -1.94. The van der Waals surface area contributed by atoms with E-state index in [9.17, 15) is 0 Å². The van der Waals surface area contributed by atoms with Gasteiger partial charge in [-0.2, -0.15) is 0 Å². The zero-order valence-corrected chi connectivity index (χ0v) is 15.8. The Morgan fingerprint density at radius 3 is 2.40 bits per heavy atom. The Labute approximate surface area is 154 Å². The average Bonchev–Trinajstić information content (AvgIpc) is 2.65. The summed E-state index contributed by atoms with van der Waals surface area (Å²) in [4.78, 5) is 0. The molecule has 0 bridgehead atoms. The van der Waals surface area contributed by atoms with Gasteiger partial charge in [-0.15, -0.1) is 0 Å². The minimum absolute atomic E-state index is 0.702. The first kappa shape index (κ1) is 19.4. The molecule has 1 heteroatoms. The SMILES string of the molecule is CCCC[C@H]1CC[C@H](C=CC#CC=Cc2ccc(OCC)cc2)CC1. The highest BCUT2D eigenvalue weighted by Gasteiger charge is 2.18. The lowest BCUT2D eigenvalue weighted by Gasteiger charge is -2.26. The zero-order valence-electron chi connectivity index (χ0n) is 15.8. The van der Waals surface area contributed by atoms with Gasteiger partial charge in [0, 0.05) is 0 Å². The molecule has 1 aromatic rings. The first-order valence-corrected chi connectivity index (χ1v) is 9.89. The van der Waals surface area contributed by atoms with E-state index < -0.39 is 0 Å². The highest BCUT2D eigenvalue weighted by atomic mass is 16.5. The van der Waals surface area contributed by atoms with E-state index in [0.29, 0.717) is 6.61 Å². The molecule has 2 rings (SSSR count). The van der Waals surface area contributed by atoms with Crippen molar-refractivity contribution in [2.45, 2.75) is 58.8 Å². The van der Waals surface area contributed by atoms with Gasteiger partial charge in [-0.25, -0.2) is 0 Å². The third-order valence-corrected chi connectivity index (χ3v) is 4.94. The van der Waals surface area contributed by atoms with Crippen LogP contribution in [0.25, 0.3) is 6.08 Å². The van der Waals surface area contributed by atoms with Crippen molar-refractivity contribution < 1.29 is 4.74 Å². The van der Waals surface area contributed by atoms with Crippen LogP contribution >= 0.6 is 0 Å². The maximum atomic E-state index is 5.44. The second-order valence-electron chi connectivity index (χ2n) is 6.91. The molecule has 1 saturated carbocycles. The fraction of sp³-hybridized carbons (Fsp3) is 0.500. The highest BCUT2D eigenvalue weighted by molar-refractivity contribution is 5.54. The summed E-state index contributed by atoms with van der Waals surface area (Å²) < 4.78 is 5.44. The summed E-state index contributed by atoms with van der Waals surface area (Å²) >= 11 is 0. The number of hydrogen-bond donors (Lipinski definition) is 0. The summed E-state index contributed by atoms with van der Waals surface area (Å²) in [6, 6.07) is 8.09. The number of hydrogen-bond acceptors (Lipinski definition) is 1. The number of rotatable bonds is 7. The van der Waals surface area contributed by atoms with Crippen LogP contribution < -0.4 is 4.74 Å². The summed E-state index contributed by atoms with van der Waals surface area (Å²) in [5.74, 6) is 8.87. The molecule has 0 N–H and O–H groups in total. The Balaban J connectivity index is 1.70. The lowest BCUT2D eigenvalue weighted by molar-refractivity contribution is 0.291. The van der Waals surface area contributed by atoms with E-state index in [4.69, 9.17) is 4.74 Å². The van der Waals surface area contributed by atoms with Gasteiger partial charge >= 0.3 is 0 Å². The molecular formula is C24H32O. The predicted molar refractivity (Wildman–Crippen MR) is 109 cm³/mol. The molecule has 0 saturated heterocycles. The van der Waals surface area contributed by atoms with Crippen molar-refractivity contribution in [1.29, 1.82) is 0 Å². The second-order valence-corrected chi connectivity index (χ2v) is 6.91. The second kappa shape index (κ2) is 11.6. The lowest BCUT2D eigenvalue weighted by atomic mass is 9.80. The topological polar surface area (TPSA) is 9.23 Å². The molecule has 1 aliphatic carbocycles. The van der Waals surface area contributed by atoms with Gasteiger partial charge in [-0.05, 0) is 80.4 Å². The van der Waals surface area contributed by atoms with Crippen LogP contribution in [0.2, 0.25) is 0 Å². The molecule has 1 aromatic carbocycles. The maximum absolute atomic E-state index is 5.44. The van der Waals surface area contributed by atoms with Crippen molar-refractivity contribution in [2.24, 2.45) is 11.8 Å². The minimum atomic E-state index is 0.702. The van der Waals surface area contributed by atoms with Gasteiger partial charge in [-0.1, -0.05) is 56.2 Å². The normalized spacial score (nSPS) is 20.6. The van der Waals surface area contributed by atoms with Gasteiger partial charge in [0.05, 0.1) is 6.61 Å². The molecule has 25 heavy (non-hydrogen) atoms. The molecule has 1 nitrogen and oxygen atoms in total. The quantitative estimate of drug-likeness (QED) is 0.506. The first-order chi connectivity index (χ1) is 12.3. The molecule has 0 atom stereocenters. The summed E-state index contributed by atoms with van der Waals surface area (Å²) in [6.45, 7) is 4.99. The number of allylic oxidation sites excluding steroid dienone is 3. The van der Waals surface area contributed by atoms with E-state index in [-0.39, 0.29) is 0 Å². The third-order valence-electron chi connectivity index (χ3n) is 4.94. The molecule has 0 heterocycles. The van der Waals surface area contributed by atoms with Crippen LogP contribution in [0.3, 0.4) is 0 Å². The van der Waals surface area contributed by atoms with Crippen LogP contribution in [-0.4, -0.2) is 6.61 Å². The Kier molecular flexibility index (Phi) is 8.98. The molecule has 134 valence electrons. The van der Waals surface area contributed by atoms with Crippen molar-refractivity contribution in [1.82, 2.24) is 0 Å². The molecule has 0 spiro atoms. The van der Waals surface area contributed by atoms with Crippen molar-refractivity contribution >= 4 is 6.08 Å². The summed E-state index contributed by atoms with van der Waals surface area (Å²) in [6.07, 6.45) is 18.0. The molecule has 0 radical (unpaired) electrons. The largest absolute Gasteiger partial charge is 0.494 e. The molecule has 0 unspecified atom stereocenters. The third kappa shape index (κ3) is 7.65. The minimum Gasteiger partial charge on any atom is -0.494 e. The van der Waals surface area contributed by atoms with Crippen LogP contribution in [0.15, 0.2) is 42.5 Å². The van der Waals surface area contributed by atoms with E-state index >= 15 is 0 Å². The summed E-state index contributed by atoms with van der Waals surface area (Å²) in [5, 5.41) is 0. The smallest absolute Gasteiger partial charge is 0.119 e. The van der Waals surface area contributed by atoms with Crippen LogP contribution in [0.4, 0.5) is 0 Å². The van der Waals surface area contributed by atoms with E-state index in [0.717, 1.165) is 23.1 Å². The molecule has 0 amide bonds. The zero-order chi connectivity index (χ0) is 17.7. The van der Waals surface area contributed by atoms with Crippen molar-refractivity contribution in [3.63, 3.8) is 0 Å². The molecule has 0 aliphatic heterocycles. The highest BCUT2D eigenvalue weighted by Crippen LogP contribution is 2.32. The number of benzene rings is 1. The van der Waals surface area contributed by atoms with E-state index in [1.165, 1.54) is 44.9 Å². The van der Waals surface area contributed by atoms with Crippen molar-refractivity contribution in [2.75, 3.05) is 6.61 Å². The van der Waals surface area contributed by atoms with Gasteiger partial charge < -0.3 is 4.74 Å². The monoisotopic (exact) mass is 336 g/mol. The van der Waals surface area contributed by atoms with E-state index in [1.54, 1.807) is 0 Å². The van der Waals surface area contributed by atoms with Gasteiger partial charge in [0.15, 0.2) is 0 Å². The lowest BCUT2D eigenvalue weighted by Crippen LogP contribution is -2.12. The van der Waals surface area contributed by atoms with Crippen molar-refractivity contribution in [3.8, 4) is 17.6 Å². The molecule has 0 aromatic heterocycles. The average molecular weight is 337 g/mol. The molecule has 1 fully saturated rings. The Morgan fingerprint density at radius 2 is 1.72 bits per heavy atom. The van der Waals surface area contributed by atoms with Gasteiger partial charge in [0.1, 0.15) is 5.75 Å². The molecule has 1 aliphatic rings. The summed E-state index contributed by atoms with van der Waals surface area (Å²) in [5.41, 5.74) is 1.15. The fourth-order valence-electron chi connectivity index (χ4n) is 3.42. The van der Waals surface area contributed by atoms with Crippen molar-refractivity contribution in [3.05, 3.63) is 48.1 Å². The van der Waals surface area contributed by atoms with E-state index in [1.807, 2.05) is 37.3 Å². The Morgan fingerprint density at radius 1 is 1.00 bits per heavy atom. The summed E-state index contributed by atoms with van der Waals surface area (Å²) in [7, 11) is 0. The van der Waals surface area contributed by atoms with Gasteiger partial charge in [0.2, 0.25) is 0 Å². The number of ether oxygens (including phenoxy) is 1. The number of unbranched alkanes of at least 4 members (excludes halogenated alkanes) is 1. The van der Waals surface area contributed by atoms with Crippen LogP contribution in [0, 0.1) is 23.7 Å². The standard InChI is InChI=1S/C24H32O/c1-3-5-10-21-13-15-22(16-14-21)11-8-6-7-9-12-23-17-19-24(20-18-23)25-4-2/h8-9,11-12,17-22H,3-5,10,13-16H2,1-2H3/t21-,22-. The van der Waals surface area contributed by atoms with Crippen LogP contribution in [0.5, 0.6) is 5.75 Å². The van der Waals surface area contributed by atoms with Crippen LogP contribution in [-0.2, 0) is 0 Å². The van der Waals surface area contributed by atoms with E-state index in [2.05, 4.69) is 37.0 Å². The van der Waals surface area contributed by atoms with Gasteiger partial charge in [0.25, 0.3) is 0 Å². The fourth-order valence-corrected chi connectivity index (χ4v) is 3.42. The Bertz CT molecular complexity index is 589. The molecular weight excluding hydrogens is 304 g/mol. The maximum Gasteiger partial charge on any atom is 0.119 e. The van der Waals surface area contributed by atoms with Gasteiger partial charge in [-0.3, -0.25) is 0 Å². The first-order valence-electron chi connectivity index (χ1n) is 9.89.